The first-order valence-electron chi connectivity index (χ1n) is 15.1. The molecule has 0 bridgehead atoms. The van der Waals surface area contributed by atoms with Crippen molar-refractivity contribution in [2.45, 2.75) is 95.6 Å². The second-order valence-corrected chi connectivity index (χ2v) is 20.6. The van der Waals surface area contributed by atoms with E-state index in [-0.39, 0.29) is 38.7 Å². The lowest BCUT2D eigenvalue weighted by Crippen LogP contribution is -2.46. The first kappa shape index (κ1) is 35.6. The fraction of sp³-hybridized carbons (Fsp3) is 0.677. The summed E-state index contributed by atoms with van der Waals surface area (Å²) in [5.41, 5.74) is 1.47. The van der Waals surface area contributed by atoms with Crippen LogP contribution < -0.4 is 14.9 Å². The van der Waals surface area contributed by atoms with E-state index in [4.69, 9.17) is 23.7 Å². The molecule has 2 amide bonds. The highest BCUT2D eigenvalue weighted by atomic mass is 33.1. The molecule has 2 fully saturated rings. The summed E-state index contributed by atoms with van der Waals surface area (Å²) in [6, 6.07) is 2.95. The predicted octanol–water partition coefficient (Wildman–Crippen LogP) is 8.08. The number of likely N-dealkylation sites (tertiary alicyclic amines) is 1. The summed E-state index contributed by atoms with van der Waals surface area (Å²) in [6.07, 6.45) is 4.29. The van der Waals surface area contributed by atoms with Crippen LogP contribution in [-0.2, 0) is 14.1 Å². The molecule has 1 aromatic carbocycles. The van der Waals surface area contributed by atoms with E-state index >= 15 is 0 Å². The molecule has 2 aliphatic rings. The molecule has 1 atom stereocenters. The van der Waals surface area contributed by atoms with Crippen molar-refractivity contribution in [3.05, 3.63) is 29.8 Å². The smallest absolute Gasteiger partial charge is 0.411 e. The van der Waals surface area contributed by atoms with Crippen molar-refractivity contribution in [2.75, 3.05) is 44.5 Å². The van der Waals surface area contributed by atoms with Gasteiger partial charge in [0.2, 0.25) is 5.75 Å². The zero-order valence-corrected chi connectivity index (χ0v) is 29.8. The number of benzene rings is 1. The summed E-state index contributed by atoms with van der Waals surface area (Å²) in [5, 5.41) is 2.86. The zero-order chi connectivity index (χ0) is 31.8. The molecular formula is C31H50N2O7S2Si. The molecule has 12 heteroatoms. The van der Waals surface area contributed by atoms with Gasteiger partial charge < -0.3 is 23.7 Å². The second kappa shape index (κ2) is 15.4. The van der Waals surface area contributed by atoms with E-state index in [2.05, 4.69) is 52.7 Å². The average Bonchev–Trinajstić information content (AvgIpc) is 3.58. The molecule has 0 unspecified atom stereocenters. The molecule has 0 aromatic heterocycles. The van der Waals surface area contributed by atoms with Crippen LogP contribution in [0.1, 0.15) is 77.1 Å². The fourth-order valence-corrected chi connectivity index (χ4v) is 8.65. The molecule has 1 aliphatic heterocycles. The van der Waals surface area contributed by atoms with E-state index in [9.17, 15) is 9.59 Å². The van der Waals surface area contributed by atoms with Gasteiger partial charge in [-0.1, -0.05) is 74.3 Å². The molecule has 3 rings (SSSR count). The van der Waals surface area contributed by atoms with Crippen molar-refractivity contribution in [3.63, 3.8) is 0 Å². The van der Waals surface area contributed by atoms with Crippen molar-refractivity contribution in [2.24, 2.45) is 0 Å². The summed E-state index contributed by atoms with van der Waals surface area (Å²) < 4.78 is 17.7. The van der Waals surface area contributed by atoms with Crippen molar-refractivity contribution < 1.29 is 33.3 Å². The molecule has 1 heterocycles. The Balaban J connectivity index is 1.87. The highest BCUT2D eigenvalue weighted by Gasteiger charge is 2.40. The molecule has 242 valence electrons. The molecule has 1 saturated carbocycles. The van der Waals surface area contributed by atoms with Gasteiger partial charge in [-0.05, 0) is 50.4 Å². The number of carbonyl (C=O) groups excluding carboxylic acids is 2. The van der Waals surface area contributed by atoms with Crippen LogP contribution in [0.3, 0.4) is 0 Å². The first-order chi connectivity index (χ1) is 20.3. The average molecular weight is 655 g/mol. The highest BCUT2D eigenvalue weighted by molar-refractivity contribution is 8.77. The number of amides is 2. The van der Waals surface area contributed by atoms with Crippen LogP contribution in [0.25, 0.3) is 0 Å². The van der Waals surface area contributed by atoms with E-state index in [1.165, 1.54) is 7.11 Å². The van der Waals surface area contributed by atoms with E-state index < -0.39 is 14.4 Å². The van der Waals surface area contributed by atoms with Crippen LogP contribution >= 0.6 is 21.6 Å². The fourth-order valence-electron chi connectivity index (χ4n) is 4.93. The van der Waals surface area contributed by atoms with Crippen molar-refractivity contribution in [1.82, 2.24) is 4.90 Å². The molecule has 0 radical (unpaired) electrons. The second-order valence-electron chi connectivity index (χ2n) is 12.7. The molecule has 1 N–H and O–H groups in total. The normalized spacial score (nSPS) is 18.6. The Morgan fingerprint density at radius 3 is 2.47 bits per heavy atom. The van der Waals surface area contributed by atoms with Gasteiger partial charge in [-0.3, -0.25) is 10.1 Å². The molecular weight excluding hydrogens is 605 g/mol. The Hall–Kier alpha value is -1.86. The molecule has 43 heavy (non-hydrogen) atoms. The minimum Gasteiger partial charge on any atom is -0.493 e. The topological polar surface area (TPSA) is 95.6 Å². The minimum atomic E-state index is -2.04. The maximum Gasteiger partial charge on any atom is 0.411 e. The largest absolute Gasteiger partial charge is 0.493 e. The summed E-state index contributed by atoms with van der Waals surface area (Å²) in [5.74, 6) is 1.27. The summed E-state index contributed by atoms with van der Waals surface area (Å²) in [4.78, 5) is 39.7. The lowest BCUT2D eigenvalue weighted by molar-refractivity contribution is -0.202. The number of rotatable bonds is 14. The third kappa shape index (κ3) is 9.32. The van der Waals surface area contributed by atoms with Gasteiger partial charge in [0.05, 0.1) is 42.4 Å². The van der Waals surface area contributed by atoms with E-state index in [1.54, 1.807) is 34.8 Å². The number of hydrogen-bond acceptors (Lipinski definition) is 9. The van der Waals surface area contributed by atoms with Crippen molar-refractivity contribution in [1.29, 1.82) is 0 Å². The van der Waals surface area contributed by atoms with Crippen LogP contribution in [0.15, 0.2) is 24.3 Å². The number of anilines is 1. The number of methoxy groups -OCH3 is 1. The van der Waals surface area contributed by atoms with Crippen molar-refractivity contribution >= 4 is 47.6 Å². The maximum atomic E-state index is 14.2. The Labute approximate surface area is 266 Å². The van der Waals surface area contributed by atoms with Gasteiger partial charge in [-0.25, -0.2) is 4.79 Å². The Morgan fingerprint density at radius 1 is 1.16 bits per heavy atom. The van der Waals surface area contributed by atoms with Gasteiger partial charge in [-0.15, -0.1) is 0 Å². The van der Waals surface area contributed by atoms with Crippen LogP contribution in [0.2, 0.25) is 18.1 Å². The summed E-state index contributed by atoms with van der Waals surface area (Å²) in [7, 11) is 3.06. The standard InChI is InChI=1S/C31H50N2O7S2Si/c1-10-38-40-27-18-25(32-29(35)37-21-31(42-41-11-2)14-12-13-15-31)24(17-26(27)36-7)28(34)33-19-22(3)16-23(33)20-39-43(8,9)30(4,5)6/h17-18,23H,3,10-16,19-21H2,1-2,4-9H3,(H,32,35)/t23-/m0/s1. The SMILES string of the molecule is C=C1C[C@@H](CO[Si](C)(C)C(C)(C)C)N(C(=O)c2cc(OC)c(OOCC)cc2NC(=O)OCC2(SSCC)CCCC2)C1. The molecule has 1 saturated heterocycles. The Kier molecular flexibility index (Phi) is 12.8. The number of hydrogen-bond donors (Lipinski definition) is 1. The number of carbonyl (C=O) groups is 2. The van der Waals surface area contributed by atoms with Gasteiger partial charge in [0.1, 0.15) is 6.61 Å². The molecule has 0 spiro atoms. The predicted molar refractivity (Wildman–Crippen MR) is 179 cm³/mol. The van der Waals surface area contributed by atoms with Crippen LogP contribution in [0, 0.1) is 0 Å². The van der Waals surface area contributed by atoms with Crippen LogP contribution in [0.5, 0.6) is 11.5 Å². The number of nitrogens with zero attached hydrogens (tertiary/aromatic N) is 1. The third-order valence-electron chi connectivity index (χ3n) is 8.43. The van der Waals surface area contributed by atoms with Gasteiger partial charge in [0.15, 0.2) is 14.1 Å². The molecule has 1 aliphatic carbocycles. The molecule has 9 nitrogen and oxygen atoms in total. The highest BCUT2D eigenvalue weighted by Crippen LogP contribution is 2.47. The Morgan fingerprint density at radius 2 is 1.86 bits per heavy atom. The lowest BCUT2D eigenvalue weighted by atomic mass is 10.1. The number of nitrogens with one attached hydrogen (secondary N) is 1. The summed E-state index contributed by atoms with van der Waals surface area (Å²) in [6.45, 7) is 20.5. The third-order valence-corrected chi connectivity index (χ3v) is 16.3. The lowest BCUT2D eigenvalue weighted by Gasteiger charge is -2.38. The van der Waals surface area contributed by atoms with E-state index in [1.807, 2.05) is 10.8 Å². The molecule has 1 aromatic rings. The first-order valence-corrected chi connectivity index (χ1v) is 20.4. The summed E-state index contributed by atoms with van der Waals surface area (Å²) >= 11 is 0. The van der Waals surface area contributed by atoms with Crippen molar-refractivity contribution in [3.8, 4) is 11.5 Å². The van der Waals surface area contributed by atoms with Gasteiger partial charge in [-0.2, -0.15) is 4.89 Å². The minimum absolute atomic E-state index is 0.0451. The van der Waals surface area contributed by atoms with Gasteiger partial charge in [0.25, 0.3) is 5.91 Å². The monoisotopic (exact) mass is 654 g/mol. The van der Waals surface area contributed by atoms with Crippen LogP contribution in [0.4, 0.5) is 10.5 Å². The van der Waals surface area contributed by atoms with E-state index in [0.29, 0.717) is 38.5 Å². The van der Waals surface area contributed by atoms with Gasteiger partial charge >= 0.3 is 6.09 Å². The quantitative estimate of drug-likeness (QED) is 0.0702. The number of ether oxygens (including phenoxy) is 2. The van der Waals surface area contributed by atoms with E-state index in [0.717, 1.165) is 37.0 Å². The van der Waals surface area contributed by atoms with Crippen LogP contribution in [-0.4, -0.2) is 75.2 Å². The zero-order valence-electron chi connectivity index (χ0n) is 27.1. The van der Waals surface area contributed by atoms with Gasteiger partial charge in [0, 0.05) is 18.4 Å². The Bertz CT molecular complexity index is 1140. The maximum absolute atomic E-state index is 14.2.